The van der Waals surface area contributed by atoms with Crippen molar-refractivity contribution in [3.63, 3.8) is 0 Å². The van der Waals surface area contributed by atoms with Gasteiger partial charge in [-0.2, -0.15) is 0 Å². The lowest BCUT2D eigenvalue weighted by atomic mass is 9.82. The lowest BCUT2D eigenvalue weighted by molar-refractivity contribution is 0.415. The van der Waals surface area contributed by atoms with E-state index in [0.29, 0.717) is 0 Å². The summed E-state index contributed by atoms with van der Waals surface area (Å²) < 4.78 is 5.21. The first kappa shape index (κ1) is 15.6. The molecular formula is C18H26N2O. The maximum Gasteiger partial charge on any atom is 0.137 e. The molecule has 2 rings (SSSR count). The van der Waals surface area contributed by atoms with Crippen LogP contribution in [0.5, 0.6) is 5.75 Å². The molecule has 0 spiro atoms. The topological polar surface area (TPSA) is 37.9 Å². The van der Waals surface area contributed by atoms with Crippen LogP contribution >= 0.6 is 0 Å². The molecule has 0 saturated heterocycles. The Balaban J connectivity index is 2.53. The molecule has 1 aromatic carbocycles. The number of imidazole rings is 1. The molecule has 0 radical (unpaired) electrons. The van der Waals surface area contributed by atoms with Crippen LogP contribution in [0.4, 0.5) is 0 Å². The Bertz CT molecular complexity index is 579. The summed E-state index contributed by atoms with van der Waals surface area (Å²) >= 11 is 0. The molecule has 0 amide bonds. The first-order valence-corrected chi connectivity index (χ1v) is 7.38. The molecule has 1 heterocycles. The number of nitrogens with zero attached hydrogens (tertiary/aromatic N) is 1. The molecule has 0 atom stereocenters. The fraction of sp³-hybridized carbons (Fsp3) is 0.500. The summed E-state index contributed by atoms with van der Waals surface area (Å²) in [7, 11) is 1.68. The minimum Gasteiger partial charge on any atom is -0.497 e. The van der Waals surface area contributed by atoms with Crippen LogP contribution in [-0.4, -0.2) is 17.1 Å². The molecule has 0 fully saturated rings. The largest absolute Gasteiger partial charge is 0.497 e. The second-order valence-corrected chi connectivity index (χ2v) is 7.54. The lowest BCUT2D eigenvalue weighted by Gasteiger charge is -2.24. The van der Waals surface area contributed by atoms with Gasteiger partial charge in [0.15, 0.2) is 0 Å². The number of benzene rings is 1. The minimum absolute atomic E-state index is 0.0177. The predicted octanol–water partition coefficient (Wildman–Crippen LogP) is 4.68. The van der Waals surface area contributed by atoms with Gasteiger partial charge in [0.1, 0.15) is 11.6 Å². The Labute approximate surface area is 127 Å². The molecule has 0 aliphatic rings. The molecule has 1 N–H and O–H groups in total. The van der Waals surface area contributed by atoms with Crippen molar-refractivity contribution < 1.29 is 4.74 Å². The number of rotatable bonds is 2. The average molecular weight is 286 g/mol. The number of hydrogen-bond donors (Lipinski definition) is 1. The van der Waals surface area contributed by atoms with Crippen molar-refractivity contribution in [2.45, 2.75) is 52.4 Å². The fourth-order valence-electron chi connectivity index (χ4n) is 2.34. The standard InChI is InChI=1S/C18H26N2O/c1-17(2,3)14-15(18(4,5)6)20-16(19-14)12-8-10-13(21-7)11-9-12/h8-11H,1-7H3,(H,19,20). The number of aromatic nitrogens is 2. The Kier molecular flexibility index (Phi) is 3.87. The van der Waals surface area contributed by atoms with Gasteiger partial charge < -0.3 is 9.72 Å². The van der Waals surface area contributed by atoms with Gasteiger partial charge in [0.05, 0.1) is 12.8 Å². The highest BCUT2D eigenvalue weighted by Crippen LogP contribution is 2.34. The zero-order valence-corrected chi connectivity index (χ0v) is 14.2. The monoisotopic (exact) mass is 286 g/mol. The predicted molar refractivity (Wildman–Crippen MR) is 88.0 cm³/mol. The molecule has 0 aliphatic heterocycles. The normalized spacial score (nSPS) is 12.5. The van der Waals surface area contributed by atoms with E-state index in [0.717, 1.165) is 22.8 Å². The third-order valence-electron chi connectivity index (χ3n) is 3.53. The van der Waals surface area contributed by atoms with E-state index >= 15 is 0 Å². The second-order valence-electron chi connectivity index (χ2n) is 7.54. The van der Waals surface area contributed by atoms with E-state index in [2.05, 4.69) is 46.5 Å². The number of methoxy groups -OCH3 is 1. The van der Waals surface area contributed by atoms with Crippen molar-refractivity contribution in [2.75, 3.05) is 7.11 Å². The van der Waals surface area contributed by atoms with Gasteiger partial charge in [-0.05, 0) is 24.3 Å². The summed E-state index contributed by atoms with van der Waals surface area (Å²) in [5, 5.41) is 0. The average Bonchev–Trinajstić information content (AvgIpc) is 2.84. The Morgan fingerprint density at radius 3 is 1.86 bits per heavy atom. The Morgan fingerprint density at radius 2 is 1.48 bits per heavy atom. The van der Waals surface area contributed by atoms with Crippen LogP contribution in [0, 0.1) is 0 Å². The van der Waals surface area contributed by atoms with Crippen LogP contribution in [0.2, 0.25) is 0 Å². The third-order valence-corrected chi connectivity index (χ3v) is 3.53. The Morgan fingerprint density at radius 1 is 0.905 bits per heavy atom. The van der Waals surface area contributed by atoms with Crippen LogP contribution in [0.3, 0.4) is 0 Å². The fourth-order valence-corrected chi connectivity index (χ4v) is 2.34. The summed E-state index contributed by atoms with van der Waals surface area (Å²) in [4.78, 5) is 8.41. The summed E-state index contributed by atoms with van der Waals surface area (Å²) in [6.45, 7) is 13.3. The van der Waals surface area contributed by atoms with Gasteiger partial charge >= 0.3 is 0 Å². The number of H-pyrrole nitrogens is 1. The Hall–Kier alpha value is -1.77. The highest BCUT2D eigenvalue weighted by Gasteiger charge is 2.29. The van der Waals surface area contributed by atoms with E-state index in [1.54, 1.807) is 7.11 Å². The molecule has 0 unspecified atom stereocenters. The molecule has 21 heavy (non-hydrogen) atoms. The molecule has 3 heteroatoms. The van der Waals surface area contributed by atoms with Gasteiger partial charge in [-0.15, -0.1) is 0 Å². The smallest absolute Gasteiger partial charge is 0.137 e. The molecule has 0 saturated carbocycles. The molecule has 1 aromatic heterocycles. The van der Waals surface area contributed by atoms with Crippen molar-refractivity contribution in [3.8, 4) is 17.1 Å². The van der Waals surface area contributed by atoms with Crippen molar-refractivity contribution >= 4 is 0 Å². The molecule has 2 aromatic rings. The quantitative estimate of drug-likeness (QED) is 0.870. The maximum absolute atomic E-state index is 5.21. The van der Waals surface area contributed by atoms with E-state index in [4.69, 9.17) is 9.72 Å². The number of aromatic amines is 1. The van der Waals surface area contributed by atoms with Gasteiger partial charge in [-0.25, -0.2) is 4.98 Å². The number of nitrogens with one attached hydrogen (secondary N) is 1. The van der Waals surface area contributed by atoms with Gasteiger partial charge in [-0.3, -0.25) is 0 Å². The van der Waals surface area contributed by atoms with Crippen LogP contribution < -0.4 is 4.74 Å². The van der Waals surface area contributed by atoms with Gasteiger partial charge in [0, 0.05) is 22.1 Å². The van der Waals surface area contributed by atoms with Crippen molar-refractivity contribution in [2.24, 2.45) is 0 Å². The third kappa shape index (κ3) is 3.29. The minimum atomic E-state index is 0.0177. The first-order valence-electron chi connectivity index (χ1n) is 7.38. The summed E-state index contributed by atoms with van der Waals surface area (Å²) in [6.07, 6.45) is 0. The summed E-state index contributed by atoms with van der Waals surface area (Å²) in [6, 6.07) is 8.00. The second kappa shape index (κ2) is 5.21. The number of hydrogen-bond acceptors (Lipinski definition) is 2. The van der Waals surface area contributed by atoms with Crippen molar-refractivity contribution in [1.82, 2.24) is 9.97 Å². The molecule has 0 aliphatic carbocycles. The molecule has 0 bridgehead atoms. The van der Waals surface area contributed by atoms with E-state index < -0.39 is 0 Å². The zero-order valence-electron chi connectivity index (χ0n) is 14.2. The van der Waals surface area contributed by atoms with E-state index in [9.17, 15) is 0 Å². The van der Waals surface area contributed by atoms with Crippen LogP contribution in [0.15, 0.2) is 24.3 Å². The highest BCUT2D eigenvalue weighted by molar-refractivity contribution is 5.58. The van der Waals surface area contributed by atoms with Crippen LogP contribution in [0.25, 0.3) is 11.4 Å². The van der Waals surface area contributed by atoms with Gasteiger partial charge in [0.25, 0.3) is 0 Å². The zero-order chi connectivity index (χ0) is 15.8. The number of ether oxygens (including phenoxy) is 1. The highest BCUT2D eigenvalue weighted by atomic mass is 16.5. The SMILES string of the molecule is COc1ccc(-c2nc(C(C)(C)C)c(C(C)(C)C)[nH]2)cc1. The van der Waals surface area contributed by atoms with Crippen molar-refractivity contribution in [1.29, 1.82) is 0 Å². The van der Waals surface area contributed by atoms with Gasteiger partial charge in [-0.1, -0.05) is 41.5 Å². The van der Waals surface area contributed by atoms with Crippen LogP contribution in [-0.2, 0) is 10.8 Å². The molecule has 114 valence electrons. The van der Waals surface area contributed by atoms with E-state index in [-0.39, 0.29) is 10.8 Å². The summed E-state index contributed by atoms with van der Waals surface area (Å²) in [5.74, 6) is 1.78. The van der Waals surface area contributed by atoms with Crippen molar-refractivity contribution in [3.05, 3.63) is 35.7 Å². The molecule has 3 nitrogen and oxygen atoms in total. The molecular weight excluding hydrogens is 260 g/mol. The summed E-state index contributed by atoms with van der Waals surface area (Å²) in [5.41, 5.74) is 3.49. The van der Waals surface area contributed by atoms with Crippen LogP contribution in [0.1, 0.15) is 52.9 Å². The van der Waals surface area contributed by atoms with Gasteiger partial charge in [0.2, 0.25) is 0 Å². The van der Waals surface area contributed by atoms with E-state index in [1.165, 1.54) is 5.69 Å². The first-order chi connectivity index (χ1) is 9.63. The van der Waals surface area contributed by atoms with E-state index in [1.807, 2.05) is 24.3 Å². The maximum atomic E-state index is 5.21. The lowest BCUT2D eigenvalue weighted by Crippen LogP contribution is -2.21.